The molecule has 0 aliphatic rings. The van der Waals surface area contributed by atoms with Gasteiger partial charge in [0.25, 0.3) is 0 Å². The minimum absolute atomic E-state index is 0.797. The Morgan fingerprint density at radius 2 is 1.12 bits per heavy atom. The molecule has 0 fully saturated rings. The number of rotatable bonds is 4. The molecule has 8 rings (SSSR count). The van der Waals surface area contributed by atoms with E-state index in [2.05, 4.69) is 131 Å². The van der Waals surface area contributed by atoms with Crippen LogP contribution >= 0.6 is 0 Å². The van der Waals surface area contributed by atoms with E-state index in [1.54, 1.807) is 0 Å². The van der Waals surface area contributed by atoms with E-state index >= 15 is 0 Å². The van der Waals surface area contributed by atoms with Crippen molar-refractivity contribution in [2.75, 3.05) is 4.90 Å². The van der Waals surface area contributed by atoms with Gasteiger partial charge in [-0.25, -0.2) is 0 Å². The summed E-state index contributed by atoms with van der Waals surface area (Å²) in [6, 6.07) is 49.2. The molecular formula is C37H24N2O. The quantitative estimate of drug-likeness (QED) is 0.220. The van der Waals surface area contributed by atoms with Gasteiger partial charge in [0.2, 0.25) is 0 Å². The third-order valence-corrected chi connectivity index (χ3v) is 7.69. The number of anilines is 3. The van der Waals surface area contributed by atoms with Crippen LogP contribution in [-0.4, -0.2) is 4.98 Å². The Kier molecular flexibility index (Phi) is 5.14. The number of fused-ring (bicyclic) bond motifs is 6. The van der Waals surface area contributed by atoms with Gasteiger partial charge >= 0.3 is 0 Å². The van der Waals surface area contributed by atoms with Crippen LogP contribution in [0.5, 0.6) is 0 Å². The molecule has 0 amide bonds. The Morgan fingerprint density at radius 3 is 2.00 bits per heavy atom. The summed E-state index contributed by atoms with van der Waals surface area (Å²) in [5.74, 6) is 0. The molecular weight excluding hydrogens is 488 g/mol. The summed E-state index contributed by atoms with van der Waals surface area (Å²) < 4.78 is 6.22. The van der Waals surface area contributed by atoms with E-state index in [1.807, 2.05) is 24.4 Å². The molecule has 188 valence electrons. The first-order chi connectivity index (χ1) is 19.8. The molecule has 2 heterocycles. The third kappa shape index (κ3) is 3.71. The number of benzene rings is 6. The lowest BCUT2D eigenvalue weighted by Gasteiger charge is -2.26. The number of pyridine rings is 1. The van der Waals surface area contributed by atoms with Gasteiger partial charge in [-0.3, -0.25) is 4.98 Å². The van der Waals surface area contributed by atoms with E-state index in [9.17, 15) is 0 Å². The molecule has 6 aromatic carbocycles. The van der Waals surface area contributed by atoms with Gasteiger partial charge in [-0.05, 0) is 81.2 Å². The van der Waals surface area contributed by atoms with E-state index in [-0.39, 0.29) is 0 Å². The molecule has 2 aromatic heterocycles. The second-order valence-electron chi connectivity index (χ2n) is 10.1. The Morgan fingerprint density at radius 1 is 0.450 bits per heavy atom. The van der Waals surface area contributed by atoms with Crippen molar-refractivity contribution >= 4 is 60.7 Å². The zero-order chi connectivity index (χ0) is 26.5. The van der Waals surface area contributed by atoms with Crippen molar-refractivity contribution in [1.82, 2.24) is 4.98 Å². The molecule has 8 aromatic rings. The Balaban J connectivity index is 1.31. The smallest absolute Gasteiger partial charge is 0.153 e. The first-order valence-electron chi connectivity index (χ1n) is 13.5. The monoisotopic (exact) mass is 512 g/mol. The molecule has 40 heavy (non-hydrogen) atoms. The Bertz CT molecular complexity index is 2160. The van der Waals surface area contributed by atoms with Crippen molar-refractivity contribution in [2.45, 2.75) is 0 Å². The fourth-order valence-corrected chi connectivity index (χ4v) is 5.74. The zero-order valence-corrected chi connectivity index (χ0v) is 21.7. The second-order valence-corrected chi connectivity index (χ2v) is 10.1. The largest absolute Gasteiger partial charge is 0.454 e. The van der Waals surface area contributed by atoms with Crippen molar-refractivity contribution in [2.24, 2.45) is 0 Å². The van der Waals surface area contributed by atoms with Gasteiger partial charge in [-0.1, -0.05) is 84.9 Å². The highest BCUT2D eigenvalue weighted by atomic mass is 16.3. The van der Waals surface area contributed by atoms with Gasteiger partial charge in [0.15, 0.2) is 5.58 Å². The van der Waals surface area contributed by atoms with E-state index in [4.69, 9.17) is 4.42 Å². The number of nitrogens with zero attached hydrogens (tertiary/aromatic N) is 2. The van der Waals surface area contributed by atoms with Gasteiger partial charge in [-0.2, -0.15) is 0 Å². The minimum Gasteiger partial charge on any atom is -0.454 e. The SMILES string of the molecule is c1ccc(-c2ccc(N(c3ccc4c(ccc5ccccc54)c3)c3ccc4c(c3)oc3cccnc34)cc2)cc1. The van der Waals surface area contributed by atoms with Crippen LogP contribution in [0.3, 0.4) is 0 Å². The summed E-state index contributed by atoms with van der Waals surface area (Å²) >= 11 is 0. The van der Waals surface area contributed by atoms with Gasteiger partial charge in [0, 0.05) is 34.7 Å². The van der Waals surface area contributed by atoms with E-state index in [1.165, 1.54) is 32.7 Å². The molecule has 3 heteroatoms. The van der Waals surface area contributed by atoms with Crippen LogP contribution in [0.25, 0.3) is 54.7 Å². The highest BCUT2D eigenvalue weighted by Gasteiger charge is 2.17. The summed E-state index contributed by atoms with van der Waals surface area (Å²) in [5.41, 5.74) is 8.09. The van der Waals surface area contributed by atoms with Gasteiger partial charge in [0.05, 0.1) is 0 Å². The lowest BCUT2D eigenvalue weighted by atomic mass is 10.0. The van der Waals surface area contributed by atoms with Gasteiger partial charge in [0.1, 0.15) is 11.1 Å². The lowest BCUT2D eigenvalue weighted by molar-refractivity contribution is 0.668. The number of hydrogen-bond donors (Lipinski definition) is 0. The molecule has 0 aliphatic carbocycles. The minimum atomic E-state index is 0.797. The Hall–Kier alpha value is -5.41. The third-order valence-electron chi connectivity index (χ3n) is 7.69. The fraction of sp³-hybridized carbons (Fsp3) is 0. The molecule has 0 bridgehead atoms. The lowest BCUT2D eigenvalue weighted by Crippen LogP contribution is -2.09. The van der Waals surface area contributed by atoms with Crippen molar-refractivity contribution in [3.05, 3.63) is 146 Å². The van der Waals surface area contributed by atoms with Crippen molar-refractivity contribution < 1.29 is 4.42 Å². The highest BCUT2D eigenvalue weighted by molar-refractivity contribution is 6.09. The van der Waals surface area contributed by atoms with Gasteiger partial charge in [-0.15, -0.1) is 0 Å². The van der Waals surface area contributed by atoms with Crippen LogP contribution in [0.2, 0.25) is 0 Å². The van der Waals surface area contributed by atoms with Crippen LogP contribution < -0.4 is 4.90 Å². The summed E-state index contributed by atoms with van der Waals surface area (Å²) in [7, 11) is 0. The predicted molar refractivity (Wildman–Crippen MR) is 167 cm³/mol. The van der Waals surface area contributed by atoms with E-state index in [0.29, 0.717) is 0 Å². The van der Waals surface area contributed by atoms with Crippen molar-refractivity contribution in [1.29, 1.82) is 0 Å². The van der Waals surface area contributed by atoms with Crippen LogP contribution in [0.15, 0.2) is 150 Å². The zero-order valence-electron chi connectivity index (χ0n) is 21.7. The summed E-state index contributed by atoms with van der Waals surface area (Å²) in [5, 5.41) is 5.99. The molecule has 0 saturated carbocycles. The first-order valence-corrected chi connectivity index (χ1v) is 13.5. The van der Waals surface area contributed by atoms with Crippen molar-refractivity contribution in [3.8, 4) is 11.1 Å². The maximum absolute atomic E-state index is 6.22. The molecule has 0 radical (unpaired) electrons. The Labute approximate surface area is 231 Å². The molecule has 3 nitrogen and oxygen atoms in total. The second kappa shape index (κ2) is 9.11. The van der Waals surface area contributed by atoms with Crippen LogP contribution in [-0.2, 0) is 0 Å². The molecule has 0 aliphatic heterocycles. The summed E-state index contributed by atoms with van der Waals surface area (Å²) in [4.78, 5) is 6.85. The normalized spacial score (nSPS) is 11.5. The average molecular weight is 513 g/mol. The highest BCUT2D eigenvalue weighted by Crippen LogP contribution is 2.40. The number of furan rings is 1. The average Bonchev–Trinajstić information content (AvgIpc) is 3.40. The van der Waals surface area contributed by atoms with Crippen LogP contribution in [0.1, 0.15) is 0 Å². The maximum atomic E-state index is 6.22. The van der Waals surface area contributed by atoms with Gasteiger partial charge < -0.3 is 9.32 Å². The predicted octanol–water partition coefficient (Wildman–Crippen LogP) is 10.4. The molecule has 0 unspecified atom stereocenters. The van der Waals surface area contributed by atoms with E-state index < -0.39 is 0 Å². The van der Waals surface area contributed by atoms with E-state index in [0.717, 1.165) is 39.1 Å². The first kappa shape index (κ1) is 22.6. The summed E-state index contributed by atoms with van der Waals surface area (Å²) in [6.07, 6.45) is 1.81. The molecule has 0 saturated heterocycles. The molecule has 0 N–H and O–H groups in total. The van der Waals surface area contributed by atoms with Crippen molar-refractivity contribution in [3.63, 3.8) is 0 Å². The summed E-state index contributed by atoms with van der Waals surface area (Å²) in [6.45, 7) is 0. The van der Waals surface area contributed by atoms with Crippen LogP contribution in [0.4, 0.5) is 17.1 Å². The molecule has 0 atom stereocenters. The topological polar surface area (TPSA) is 29.3 Å². The fourth-order valence-electron chi connectivity index (χ4n) is 5.74. The number of aromatic nitrogens is 1. The maximum Gasteiger partial charge on any atom is 0.153 e. The van der Waals surface area contributed by atoms with Crippen LogP contribution in [0, 0.1) is 0 Å². The standard InChI is InChI=1S/C37H24N2O/c1-2-7-25(8-3-1)26-14-16-29(17-15-26)39(31-19-21-34-36(24-31)40-35-11-6-22-38-37(34)35)30-18-20-33-28(23-30)13-12-27-9-4-5-10-32(27)33/h1-24H. The molecule has 0 spiro atoms. The number of hydrogen-bond acceptors (Lipinski definition) is 3.